The average Bonchev–Trinajstić information content (AvgIpc) is 2.44. The molecule has 0 aliphatic heterocycles. The van der Waals surface area contributed by atoms with E-state index < -0.39 is 0 Å². The predicted octanol–water partition coefficient (Wildman–Crippen LogP) is 3.59. The maximum atomic E-state index is 12.3. The Morgan fingerprint density at radius 2 is 2.15 bits per heavy atom. The van der Waals surface area contributed by atoms with Gasteiger partial charge < -0.3 is 10.6 Å². The first kappa shape index (κ1) is 14.9. The van der Waals surface area contributed by atoms with Gasteiger partial charge in [0, 0.05) is 19.3 Å². The molecule has 2 rings (SSSR count). The van der Waals surface area contributed by atoms with Crippen LogP contribution in [0.25, 0.3) is 0 Å². The molecule has 1 aromatic rings. The van der Waals surface area contributed by atoms with E-state index in [0.29, 0.717) is 5.92 Å². The molecular weight excluding hydrogens is 248 g/mol. The van der Waals surface area contributed by atoms with Crippen molar-refractivity contribution < 1.29 is 4.79 Å². The number of rotatable bonds is 4. The Hall–Kier alpha value is -1.51. The van der Waals surface area contributed by atoms with Crippen LogP contribution in [0.5, 0.6) is 0 Å². The molecule has 0 saturated heterocycles. The van der Waals surface area contributed by atoms with Crippen LogP contribution in [0.4, 0.5) is 5.69 Å². The van der Waals surface area contributed by atoms with Gasteiger partial charge in [-0.25, -0.2) is 0 Å². The number of nitrogens with one attached hydrogen (secondary N) is 2. The molecule has 0 bridgehead atoms. The number of carbonyl (C=O) groups excluding carboxylic acids is 1. The van der Waals surface area contributed by atoms with Gasteiger partial charge in [-0.3, -0.25) is 4.79 Å². The van der Waals surface area contributed by atoms with E-state index in [-0.39, 0.29) is 5.91 Å². The number of anilines is 1. The van der Waals surface area contributed by atoms with Crippen LogP contribution in [-0.4, -0.2) is 19.5 Å². The van der Waals surface area contributed by atoms with Crippen LogP contribution < -0.4 is 10.6 Å². The first-order valence-corrected chi connectivity index (χ1v) is 7.66. The summed E-state index contributed by atoms with van der Waals surface area (Å²) in [7, 11) is 1.86. The summed E-state index contributed by atoms with van der Waals surface area (Å²) in [6, 6.07) is 5.90. The van der Waals surface area contributed by atoms with E-state index in [4.69, 9.17) is 0 Å². The minimum absolute atomic E-state index is 0.0348. The molecule has 0 heterocycles. The summed E-state index contributed by atoms with van der Waals surface area (Å²) in [6.45, 7) is 5.15. The van der Waals surface area contributed by atoms with Crippen molar-refractivity contribution in [3.05, 3.63) is 29.3 Å². The van der Waals surface area contributed by atoms with Crippen LogP contribution in [0.2, 0.25) is 0 Å². The Bertz CT molecular complexity index is 470. The molecule has 2 N–H and O–H groups in total. The molecule has 1 aromatic carbocycles. The van der Waals surface area contributed by atoms with Gasteiger partial charge in [0.05, 0.1) is 5.56 Å². The number of benzene rings is 1. The number of aryl methyl sites for hydroxylation is 1. The van der Waals surface area contributed by atoms with Gasteiger partial charge in [-0.05, 0) is 49.3 Å². The zero-order chi connectivity index (χ0) is 14.5. The average molecular weight is 274 g/mol. The van der Waals surface area contributed by atoms with Crippen LogP contribution in [0, 0.1) is 18.8 Å². The van der Waals surface area contributed by atoms with Crippen LogP contribution in [0.1, 0.15) is 48.5 Å². The fourth-order valence-electron chi connectivity index (χ4n) is 3.14. The highest BCUT2D eigenvalue weighted by molar-refractivity contribution is 5.99. The zero-order valence-corrected chi connectivity index (χ0v) is 12.8. The molecule has 1 fully saturated rings. The van der Waals surface area contributed by atoms with Crippen LogP contribution in [0.3, 0.4) is 0 Å². The number of hydrogen-bond donors (Lipinski definition) is 2. The molecule has 1 aliphatic rings. The van der Waals surface area contributed by atoms with Crippen molar-refractivity contribution in [2.45, 2.75) is 39.5 Å². The van der Waals surface area contributed by atoms with E-state index in [2.05, 4.69) is 17.6 Å². The van der Waals surface area contributed by atoms with Gasteiger partial charge in [-0.1, -0.05) is 25.8 Å². The van der Waals surface area contributed by atoms with E-state index in [9.17, 15) is 4.79 Å². The minimum atomic E-state index is 0.0348. The normalized spacial score (nSPS) is 22.4. The fraction of sp³-hybridized carbons (Fsp3) is 0.588. The van der Waals surface area contributed by atoms with Gasteiger partial charge in [-0.2, -0.15) is 0 Å². The SMILES string of the molecule is CNc1cc(C)ccc1C(=O)NCC1CCCC(C)C1. The lowest BCUT2D eigenvalue weighted by Crippen LogP contribution is -2.31. The van der Waals surface area contributed by atoms with Crippen LogP contribution in [-0.2, 0) is 0 Å². The lowest BCUT2D eigenvalue weighted by Gasteiger charge is -2.26. The molecule has 0 spiro atoms. The Morgan fingerprint density at radius 1 is 1.35 bits per heavy atom. The molecule has 0 radical (unpaired) electrons. The summed E-state index contributed by atoms with van der Waals surface area (Å²) >= 11 is 0. The lowest BCUT2D eigenvalue weighted by molar-refractivity contribution is 0.0941. The van der Waals surface area contributed by atoms with Crippen molar-refractivity contribution in [3.63, 3.8) is 0 Å². The molecule has 1 amide bonds. The van der Waals surface area contributed by atoms with Crippen molar-refractivity contribution in [2.24, 2.45) is 11.8 Å². The summed E-state index contributed by atoms with van der Waals surface area (Å²) in [5, 5.41) is 6.21. The third kappa shape index (κ3) is 3.75. The second-order valence-corrected chi connectivity index (χ2v) is 6.15. The number of amides is 1. The third-order valence-electron chi connectivity index (χ3n) is 4.29. The Morgan fingerprint density at radius 3 is 2.85 bits per heavy atom. The van der Waals surface area contributed by atoms with Gasteiger partial charge in [0.2, 0.25) is 0 Å². The monoisotopic (exact) mass is 274 g/mol. The maximum Gasteiger partial charge on any atom is 0.253 e. The highest BCUT2D eigenvalue weighted by atomic mass is 16.1. The molecule has 20 heavy (non-hydrogen) atoms. The van der Waals surface area contributed by atoms with Crippen molar-refractivity contribution in [1.29, 1.82) is 0 Å². The summed E-state index contributed by atoms with van der Waals surface area (Å²) < 4.78 is 0. The van der Waals surface area contributed by atoms with E-state index in [1.807, 2.05) is 32.2 Å². The van der Waals surface area contributed by atoms with Crippen molar-refractivity contribution in [3.8, 4) is 0 Å². The molecule has 110 valence electrons. The minimum Gasteiger partial charge on any atom is -0.387 e. The molecule has 1 aliphatic carbocycles. The fourth-order valence-corrected chi connectivity index (χ4v) is 3.14. The van der Waals surface area contributed by atoms with E-state index in [1.165, 1.54) is 25.7 Å². The van der Waals surface area contributed by atoms with Crippen LogP contribution >= 0.6 is 0 Å². The smallest absolute Gasteiger partial charge is 0.253 e. The Labute approximate surface area is 122 Å². The first-order chi connectivity index (χ1) is 9.60. The Kier molecular flexibility index (Phi) is 5.05. The molecule has 3 heteroatoms. The summed E-state index contributed by atoms with van der Waals surface area (Å²) in [5.74, 6) is 1.48. The molecule has 2 atom stereocenters. The first-order valence-electron chi connectivity index (χ1n) is 7.66. The van der Waals surface area contributed by atoms with Crippen molar-refractivity contribution in [2.75, 3.05) is 18.9 Å². The second-order valence-electron chi connectivity index (χ2n) is 6.15. The highest BCUT2D eigenvalue weighted by Crippen LogP contribution is 2.28. The highest BCUT2D eigenvalue weighted by Gasteiger charge is 2.20. The number of carbonyl (C=O) groups is 1. The lowest BCUT2D eigenvalue weighted by atomic mass is 9.82. The summed E-state index contributed by atoms with van der Waals surface area (Å²) in [4.78, 5) is 12.3. The zero-order valence-electron chi connectivity index (χ0n) is 12.8. The summed E-state index contributed by atoms with van der Waals surface area (Å²) in [5.41, 5.74) is 2.80. The van der Waals surface area contributed by atoms with Gasteiger partial charge >= 0.3 is 0 Å². The topological polar surface area (TPSA) is 41.1 Å². The van der Waals surface area contributed by atoms with Gasteiger partial charge in [0.25, 0.3) is 5.91 Å². The largest absolute Gasteiger partial charge is 0.387 e. The van der Waals surface area contributed by atoms with Gasteiger partial charge in [-0.15, -0.1) is 0 Å². The second kappa shape index (κ2) is 6.78. The predicted molar refractivity (Wildman–Crippen MR) is 84.2 cm³/mol. The molecule has 3 nitrogen and oxygen atoms in total. The van der Waals surface area contributed by atoms with E-state index >= 15 is 0 Å². The van der Waals surface area contributed by atoms with Crippen molar-refractivity contribution in [1.82, 2.24) is 5.32 Å². The standard InChI is InChI=1S/C17H26N2O/c1-12-5-4-6-14(9-12)11-19-17(20)15-8-7-13(2)10-16(15)18-3/h7-8,10,12,14,18H,4-6,9,11H2,1-3H3,(H,19,20). The van der Waals surface area contributed by atoms with Gasteiger partial charge in [0.15, 0.2) is 0 Å². The molecule has 2 unspecified atom stereocenters. The Balaban J connectivity index is 1.94. The van der Waals surface area contributed by atoms with Crippen LogP contribution in [0.15, 0.2) is 18.2 Å². The quantitative estimate of drug-likeness (QED) is 0.881. The molecular formula is C17H26N2O. The van der Waals surface area contributed by atoms with Gasteiger partial charge in [0.1, 0.15) is 0 Å². The molecule has 1 saturated carbocycles. The summed E-state index contributed by atoms with van der Waals surface area (Å²) in [6.07, 6.45) is 5.13. The third-order valence-corrected chi connectivity index (χ3v) is 4.29. The van der Waals surface area contributed by atoms with E-state index in [1.54, 1.807) is 0 Å². The molecule has 0 aromatic heterocycles. The number of hydrogen-bond acceptors (Lipinski definition) is 2. The maximum absolute atomic E-state index is 12.3. The van der Waals surface area contributed by atoms with E-state index in [0.717, 1.165) is 29.3 Å². The van der Waals surface area contributed by atoms with Crippen molar-refractivity contribution >= 4 is 11.6 Å².